The Labute approximate surface area is 170 Å². The van der Waals surface area contributed by atoms with Gasteiger partial charge in [0.1, 0.15) is 11.3 Å². The van der Waals surface area contributed by atoms with E-state index in [0.717, 1.165) is 68.0 Å². The lowest BCUT2D eigenvalue weighted by molar-refractivity contribution is -0.383. The molecule has 4 rings (SSSR count). The van der Waals surface area contributed by atoms with Gasteiger partial charge in [-0.15, -0.1) is 0 Å². The van der Waals surface area contributed by atoms with Crippen LogP contribution in [0.5, 0.6) is 5.75 Å². The van der Waals surface area contributed by atoms with Crippen molar-refractivity contribution < 1.29 is 9.66 Å². The molecule has 1 saturated heterocycles. The number of rotatable bonds is 7. The summed E-state index contributed by atoms with van der Waals surface area (Å²) in [4.78, 5) is 15.9. The van der Waals surface area contributed by atoms with Gasteiger partial charge in [-0.25, -0.2) is 0 Å². The zero-order valence-electron chi connectivity index (χ0n) is 16.7. The third-order valence-electron chi connectivity index (χ3n) is 5.64. The van der Waals surface area contributed by atoms with Crippen LogP contribution in [0, 0.1) is 10.1 Å². The highest BCUT2D eigenvalue weighted by molar-refractivity contribution is 5.88. The molecule has 0 saturated carbocycles. The lowest BCUT2D eigenvalue weighted by Gasteiger charge is -2.36. The molecule has 29 heavy (non-hydrogen) atoms. The Kier molecular flexibility index (Phi) is 5.67. The number of aryl methyl sites for hydroxylation is 1. The van der Waals surface area contributed by atoms with Crippen molar-refractivity contribution in [1.82, 2.24) is 9.47 Å². The Balaban J connectivity index is 1.33. The van der Waals surface area contributed by atoms with E-state index in [2.05, 4.69) is 15.9 Å². The van der Waals surface area contributed by atoms with Crippen LogP contribution >= 0.6 is 0 Å². The van der Waals surface area contributed by atoms with Crippen LogP contribution in [0.4, 0.5) is 11.4 Å². The quantitative estimate of drug-likeness (QED) is 0.451. The smallest absolute Gasteiger partial charge is 0.293 e. The summed E-state index contributed by atoms with van der Waals surface area (Å²) in [6.07, 6.45) is 2.92. The molecule has 1 aromatic heterocycles. The normalized spacial score (nSPS) is 15.0. The van der Waals surface area contributed by atoms with E-state index >= 15 is 0 Å². The summed E-state index contributed by atoms with van der Waals surface area (Å²) >= 11 is 0. The molecule has 7 heteroatoms. The van der Waals surface area contributed by atoms with Crippen LogP contribution in [-0.2, 0) is 6.54 Å². The average Bonchev–Trinajstić information content (AvgIpc) is 3.17. The Hall–Kier alpha value is -3.06. The first-order chi connectivity index (χ1) is 14.2. The zero-order chi connectivity index (χ0) is 20.2. The molecule has 1 aliphatic rings. The number of nitro groups is 1. The second-order valence-electron chi connectivity index (χ2n) is 7.34. The van der Waals surface area contributed by atoms with Gasteiger partial charge < -0.3 is 14.2 Å². The summed E-state index contributed by atoms with van der Waals surface area (Å²) in [5.74, 6) is 0.919. The van der Waals surface area contributed by atoms with Gasteiger partial charge in [0.05, 0.1) is 17.7 Å². The number of benzene rings is 2. The number of methoxy groups -OCH3 is 1. The molecule has 3 aromatic rings. The standard InChI is InChI=1S/C22H26N4O3/c1-29-21-9-3-2-7-19(21)24-16-14-23(15-17-24)11-5-12-25-13-10-18-6-4-8-20(22(18)25)26(27)28/h2-4,6-10,13H,5,11-12,14-17H2,1H3. The summed E-state index contributed by atoms with van der Waals surface area (Å²) in [5, 5.41) is 12.3. The van der Waals surface area contributed by atoms with Gasteiger partial charge in [-0.2, -0.15) is 0 Å². The van der Waals surface area contributed by atoms with Crippen LogP contribution in [0.25, 0.3) is 10.9 Å². The van der Waals surface area contributed by atoms with E-state index in [4.69, 9.17) is 4.74 Å². The lowest BCUT2D eigenvalue weighted by atomic mass is 10.2. The fraction of sp³-hybridized carbons (Fsp3) is 0.364. The van der Waals surface area contributed by atoms with Crippen molar-refractivity contribution in [2.45, 2.75) is 13.0 Å². The molecule has 2 aromatic carbocycles. The molecular formula is C22H26N4O3. The van der Waals surface area contributed by atoms with Crippen molar-refractivity contribution in [3.05, 3.63) is 64.8 Å². The number of hydrogen-bond donors (Lipinski definition) is 0. The Morgan fingerprint density at radius 1 is 1.00 bits per heavy atom. The van der Waals surface area contributed by atoms with Crippen LogP contribution in [0.1, 0.15) is 6.42 Å². The average molecular weight is 394 g/mol. The number of nitro benzene ring substituents is 1. The predicted molar refractivity (Wildman–Crippen MR) is 115 cm³/mol. The molecule has 0 radical (unpaired) electrons. The lowest BCUT2D eigenvalue weighted by Crippen LogP contribution is -2.46. The minimum Gasteiger partial charge on any atom is -0.495 e. The number of ether oxygens (including phenoxy) is 1. The summed E-state index contributed by atoms with van der Waals surface area (Å²) in [6, 6.07) is 15.4. The molecule has 2 heterocycles. The van der Waals surface area contributed by atoms with Crippen molar-refractivity contribution in [3.63, 3.8) is 0 Å². The molecule has 0 atom stereocenters. The molecule has 0 bridgehead atoms. The highest BCUT2D eigenvalue weighted by atomic mass is 16.6. The maximum Gasteiger partial charge on any atom is 0.293 e. The number of non-ortho nitro benzene ring substituents is 1. The van der Waals surface area contributed by atoms with E-state index in [1.807, 2.05) is 41.1 Å². The number of para-hydroxylation sites is 3. The Morgan fingerprint density at radius 3 is 2.55 bits per heavy atom. The Morgan fingerprint density at radius 2 is 1.79 bits per heavy atom. The van der Waals surface area contributed by atoms with Crippen LogP contribution in [-0.4, -0.2) is 54.2 Å². The molecule has 0 amide bonds. The third-order valence-corrected chi connectivity index (χ3v) is 5.64. The van der Waals surface area contributed by atoms with Crippen molar-refractivity contribution in [2.24, 2.45) is 0 Å². The minimum absolute atomic E-state index is 0.179. The van der Waals surface area contributed by atoms with Gasteiger partial charge in [-0.1, -0.05) is 24.3 Å². The maximum absolute atomic E-state index is 11.4. The van der Waals surface area contributed by atoms with Crippen molar-refractivity contribution in [3.8, 4) is 5.75 Å². The van der Waals surface area contributed by atoms with Crippen molar-refractivity contribution >= 4 is 22.3 Å². The SMILES string of the molecule is COc1ccccc1N1CCN(CCCn2ccc3cccc([N+](=O)[O-])c32)CC1. The number of piperazine rings is 1. The second-order valence-corrected chi connectivity index (χ2v) is 7.34. The van der Waals surface area contributed by atoms with Crippen LogP contribution < -0.4 is 9.64 Å². The van der Waals surface area contributed by atoms with Gasteiger partial charge in [0.25, 0.3) is 5.69 Å². The molecule has 1 fully saturated rings. The topological polar surface area (TPSA) is 63.8 Å². The predicted octanol–water partition coefficient (Wildman–Crippen LogP) is 3.77. The summed E-state index contributed by atoms with van der Waals surface area (Å²) in [5.41, 5.74) is 2.05. The molecule has 152 valence electrons. The molecular weight excluding hydrogens is 368 g/mol. The van der Waals surface area contributed by atoms with E-state index in [1.165, 1.54) is 0 Å². The van der Waals surface area contributed by atoms with Gasteiger partial charge in [-0.05, 0) is 31.2 Å². The number of fused-ring (bicyclic) bond motifs is 1. The molecule has 0 N–H and O–H groups in total. The summed E-state index contributed by atoms with van der Waals surface area (Å²) in [7, 11) is 1.71. The van der Waals surface area contributed by atoms with Gasteiger partial charge in [0.15, 0.2) is 0 Å². The molecule has 1 aliphatic heterocycles. The van der Waals surface area contributed by atoms with Gasteiger partial charge in [0.2, 0.25) is 0 Å². The van der Waals surface area contributed by atoms with Gasteiger partial charge in [-0.3, -0.25) is 15.0 Å². The second kappa shape index (κ2) is 8.53. The van der Waals surface area contributed by atoms with E-state index < -0.39 is 0 Å². The van der Waals surface area contributed by atoms with Crippen LogP contribution in [0.2, 0.25) is 0 Å². The fourth-order valence-corrected chi connectivity index (χ4v) is 4.14. The van der Waals surface area contributed by atoms with Crippen LogP contribution in [0.15, 0.2) is 54.7 Å². The van der Waals surface area contributed by atoms with E-state index in [-0.39, 0.29) is 10.6 Å². The molecule has 0 aliphatic carbocycles. The minimum atomic E-state index is -0.296. The molecule has 0 spiro atoms. The first-order valence-electron chi connectivity index (χ1n) is 10.00. The highest BCUT2D eigenvalue weighted by Gasteiger charge is 2.20. The zero-order valence-corrected chi connectivity index (χ0v) is 16.7. The third kappa shape index (κ3) is 4.05. The van der Waals surface area contributed by atoms with E-state index in [1.54, 1.807) is 19.2 Å². The largest absolute Gasteiger partial charge is 0.495 e. The molecule has 0 unspecified atom stereocenters. The van der Waals surface area contributed by atoms with Crippen LogP contribution in [0.3, 0.4) is 0 Å². The fourth-order valence-electron chi connectivity index (χ4n) is 4.14. The Bertz CT molecular complexity index is 993. The molecule has 7 nitrogen and oxygen atoms in total. The van der Waals surface area contributed by atoms with Crippen molar-refractivity contribution in [1.29, 1.82) is 0 Å². The number of anilines is 1. The first kappa shape index (κ1) is 19.3. The van der Waals surface area contributed by atoms with Gasteiger partial charge >= 0.3 is 0 Å². The highest BCUT2D eigenvalue weighted by Crippen LogP contribution is 2.29. The summed E-state index contributed by atoms with van der Waals surface area (Å²) < 4.78 is 7.50. The van der Waals surface area contributed by atoms with Crippen molar-refractivity contribution in [2.75, 3.05) is 44.7 Å². The first-order valence-corrected chi connectivity index (χ1v) is 10.00. The van der Waals surface area contributed by atoms with E-state index in [9.17, 15) is 10.1 Å². The number of aromatic nitrogens is 1. The number of hydrogen-bond acceptors (Lipinski definition) is 5. The van der Waals surface area contributed by atoms with E-state index in [0.29, 0.717) is 0 Å². The maximum atomic E-state index is 11.4. The monoisotopic (exact) mass is 394 g/mol. The number of nitrogens with zero attached hydrogens (tertiary/aromatic N) is 4. The summed E-state index contributed by atoms with van der Waals surface area (Å²) in [6.45, 7) is 5.72. The van der Waals surface area contributed by atoms with Gasteiger partial charge in [0, 0.05) is 50.4 Å².